The molecule has 0 unspecified atom stereocenters. The van der Waals surface area contributed by atoms with Crippen molar-refractivity contribution in [1.29, 1.82) is 0 Å². The smallest absolute Gasteiger partial charge is 0.416 e. The molecule has 1 saturated heterocycles. The molecule has 1 amide bonds. The molecule has 0 saturated carbocycles. The van der Waals surface area contributed by atoms with Crippen molar-refractivity contribution in [2.75, 3.05) is 50.2 Å². The molecule has 2 heterocycles. The predicted octanol–water partition coefficient (Wildman–Crippen LogP) is 3.76. The lowest BCUT2D eigenvalue weighted by molar-refractivity contribution is -0.137. The molecule has 0 aromatic heterocycles. The maximum absolute atomic E-state index is 13.3. The van der Waals surface area contributed by atoms with Crippen LogP contribution in [0.4, 0.5) is 24.5 Å². The van der Waals surface area contributed by atoms with Crippen LogP contribution in [0.3, 0.4) is 0 Å². The molecule has 166 valence electrons. The van der Waals surface area contributed by atoms with Gasteiger partial charge in [-0.05, 0) is 49.4 Å². The minimum atomic E-state index is -4.48. The van der Waals surface area contributed by atoms with Crippen molar-refractivity contribution in [3.05, 3.63) is 47.5 Å². The third-order valence-electron chi connectivity index (χ3n) is 5.52. The number of alkyl halides is 3. The third-order valence-corrected chi connectivity index (χ3v) is 5.52. The van der Waals surface area contributed by atoms with Crippen LogP contribution < -0.4 is 19.7 Å². The molecule has 0 aliphatic carbocycles. The average Bonchev–Trinajstić information content (AvgIpc) is 3.20. The van der Waals surface area contributed by atoms with Gasteiger partial charge >= 0.3 is 6.18 Å². The minimum absolute atomic E-state index is 0.137. The van der Waals surface area contributed by atoms with E-state index in [0.717, 1.165) is 30.8 Å². The molecule has 9 heteroatoms. The van der Waals surface area contributed by atoms with E-state index >= 15 is 0 Å². The quantitative estimate of drug-likeness (QED) is 0.775. The molecule has 2 aromatic rings. The molecule has 0 spiro atoms. The fourth-order valence-corrected chi connectivity index (χ4v) is 3.70. The number of amides is 1. The van der Waals surface area contributed by atoms with Crippen molar-refractivity contribution in [2.24, 2.45) is 0 Å². The first kappa shape index (κ1) is 21.3. The van der Waals surface area contributed by atoms with Crippen LogP contribution in [0.5, 0.6) is 11.5 Å². The van der Waals surface area contributed by atoms with Crippen molar-refractivity contribution in [3.8, 4) is 11.5 Å². The Hall–Kier alpha value is -2.94. The highest BCUT2D eigenvalue weighted by Crippen LogP contribution is 2.36. The van der Waals surface area contributed by atoms with E-state index in [2.05, 4.69) is 10.2 Å². The zero-order valence-corrected chi connectivity index (χ0v) is 17.2. The number of nitrogens with one attached hydrogen (secondary N) is 1. The summed E-state index contributed by atoms with van der Waals surface area (Å²) in [5, 5.41) is 2.70. The summed E-state index contributed by atoms with van der Waals surface area (Å²) in [5.41, 5.74) is 0.909. The lowest BCUT2D eigenvalue weighted by atomic mass is 10.1. The molecule has 2 aliphatic rings. The van der Waals surface area contributed by atoms with Crippen LogP contribution in [-0.2, 0) is 17.4 Å². The van der Waals surface area contributed by atoms with E-state index in [1.807, 2.05) is 24.1 Å². The normalized spacial score (nSPS) is 16.5. The zero-order chi connectivity index (χ0) is 22.0. The highest BCUT2D eigenvalue weighted by atomic mass is 19.4. The summed E-state index contributed by atoms with van der Waals surface area (Å²) in [4.78, 5) is 16.8. The van der Waals surface area contributed by atoms with Crippen LogP contribution in [0.2, 0.25) is 0 Å². The molecular formula is C22H24F3N3O3. The number of hydrogen-bond acceptors (Lipinski definition) is 5. The molecule has 6 nitrogen and oxygen atoms in total. The van der Waals surface area contributed by atoms with Gasteiger partial charge in [-0.3, -0.25) is 4.79 Å². The Labute approximate surface area is 178 Å². The fraction of sp³-hybridized carbons (Fsp3) is 0.409. The van der Waals surface area contributed by atoms with Crippen molar-refractivity contribution < 1.29 is 27.4 Å². The van der Waals surface area contributed by atoms with Gasteiger partial charge in [0.25, 0.3) is 0 Å². The molecular weight excluding hydrogens is 411 g/mol. The molecule has 2 aromatic carbocycles. The highest BCUT2D eigenvalue weighted by molar-refractivity contribution is 5.94. The van der Waals surface area contributed by atoms with Crippen LogP contribution in [0.25, 0.3) is 0 Å². The molecule has 0 bridgehead atoms. The average molecular weight is 435 g/mol. The molecule has 31 heavy (non-hydrogen) atoms. The highest BCUT2D eigenvalue weighted by Gasteiger charge is 2.32. The number of ether oxygens (including phenoxy) is 2. The lowest BCUT2D eigenvalue weighted by Crippen LogP contribution is -2.44. The zero-order valence-electron chi connectivity index (χ0n) is 17.2. The summed E-state index contributed by atoms with van der Waals surface area (Å²) in [7, 11) is 2.00. The van der Waals surface area contributed by atoms with Gasteiger partial charge in [0.15, 0.2) is 11.5 Å². The van der Waals surface area contributed by atoms with E-state index < -0.39 is 11.7 Å². The summed E-state index contributed by atoms with van der Waals surface area (Å²) in [6.07, 6.45) is -3.91. The summed E-state index contributed by atoms with van der Waals surface area (Å²) in [5.74, 6) is 0.953. The maximum atomic E-state index is 13.3. The molecule has 0 atom stereocenters. The Balaban J connectivity index is 1.47. The summed E-state index contributed by atoms with van der Waals surface area (Å²) in [6.45, 7) is 3.14. The van der Waals surface area contributed by atoms with Gasteiger partial charge in [-0.25, -0.2) is 0 Å². The Morgan fingerprint density at radius 2 is 1.77 bits per heavy atom. The van der Waals surface area contributed by atoms with Crippen molar-refractivity contribution in [3.63, 3.8) is 0 Å². The van der Waals surface area contributed by atoms with E-state index in [-0.39, 0.29) is 24.8 Å². The number of piperazine rings is 1. The first-order valence-electron chi connectivity index (χ1n) is 10.1. The van der Waals surface area contributed by atoms with Crippen LogP contribution in [0.1, 0.15) is 17.5 Å². The second-order valence-electron chi connectivity index (χ2n) is 7.76. The maximum Gasteiger partial charge on any atom is 0.416 e. The number of benzene rings is 2. The Bertz CT molecular complexity index is 957. The summed E-state index contributed by atoms with van der Waals surface area (Å²) in [6, 6.07) is 8.98. The van der Waals surface area contributed by atoms with Gasteiger partial charge in [0, 0.05) is 32.6 Å². The van der Waals surface area contributed by atoms with E-state index in [1.165, 1.54) is 6.07 Å². The molecule has 2 aliphatic heterocycles. The molecule has 4 rings (SSSR count). The number of aryl methyl sites for hydroxylation is 1. The SMILES string of the molecule is CN1CCN(c2ccc(C(F)(F)F)cc2NC(=O)CCc2ccc3c(c2)OCO3)CC1. The Kier molecular flexibility index (Phi) is 5.95. The molecule has 0 radical (unpaired) electrons. The molecule has 1 N–H and O–H groups in total. The van der Waals surface area contributed by atoms with Gasteiger partial charge in [0.1, 0.15) is 0 Å². The minimum Gasteiger partial charge on any atom is -0.454 e. The standard InChI is InChI=1S/C22H24F3N3O3/c1-27-8-10-28(11-9-27)18-5-4-16(22(23,24)25)13-17(18)26-21(29)7-3-15-2-6-19-20(12-15)31-14-30-19/h2,4-6,12-13H,3,7-11,14H2,1H3,(H,26,29). The number of rotatable bonds is 5. The first-order valence-corrected chi connectivity index (χ1v) is 10.1. The van der Waals surface area contributed by atoms with Gasteiger partial charge in [0.05, 0.1) is 16.9 Å². The van der Waals surface area contributed by atoms with Crippen LogP contribution in [-0.4, -0.2) is 50.8 Å². The van der Waals surface area contributed by atoms with Crippen LogP contribution in [0, 0.1) is 0 Å². The van der Waals surface area contributed by atoms with Crippen molar-refractivity contribution >= 4 is 17.3 Å². The number of fused-ring (bicyclic) bond motifs is 1. The van der Waals surface area contributed by atoms with E-state index in [4.69, 9.17) is 9.47 Å². The van der Waals surface area contributed by atoms with Gasteiger partial charge in [-0.2, -0.15) is 13.2 Å². The lowest BCUT2D eigenvalue weighted by Gasteiger charge is -2.35. The predicted molar refractivity (Wildman–Crippen MR) is 111 cm³/mol. The van der Waals surface area contributed by atoms with Crippen LogP contribution in [0.15, 0.2) is 36.4 Å². The number of hydrogen-bond donors (Lipinski definition) is 1. The second-order valence-corrected chi connectivity index (χ2v) is 7.76. The van der Waals surface area contributed by atoms with Gasteiger partial charge in [-0.1, -0.05) is 6.07 Å². The van der Waals surface area contributed by atoms with E-state index in [9.17, 15) is 18.0 Å². The largest absolute Gasteiger partial charge is 0.454 e. The number of nitrogens with zero attached hydrogens (tertiary/aromatic N) is 2. The number of carbonyl (C=O) groups excluding carboxylic acids is 1. The molecule has 1 fully saturated rings. The Morgan fingerprint density at radius 1 is 1.03 bits per heavy atom. The Morgan fingerprint density at radius 3 is 2.52 bits per heavy atom. The number of carbonyl (C=O) groups is 1. The van der Waals surface area contributed by atoms with Gasteiger partial charge in [-0.15, -0.1) is 0 Å². The number of halogens is 3. The second kappa shape index (κ2) is 8.66. The number of anilines is 2. The van der Waals surface area contributed by atoms with Crippen LogP contribution >= 0.6 is 0 Å². The fourth-order valence-electron chi connectivity index (χ4n) is 3.70. The summed E-state index contributed by atoms with van der Waals surface area (Å²) < 4.78 is 50.4. The first-order chi connectivity index (χ1) is 14.8. The van der Waals surface area contributed by atoms with Gasteiger partial charge < -0.3 is 24.6 Å². The third kappa shape index (κ3) is 5.04. The van der Waals surface area contributed by atoms with E-state index in [1.54, 1.807) is 6.07 Å². The summed E-state index contributed by atoms with van der Waals surface area (Å²) >= 11 is 0. The van der Waals surface area contributed by atoms with Crippen molar-refractivity contribution in [1.82, 2.24) is 4.90 Å². The van der Waals surface area contributed by atoms with Crippen molar-refractivity contribution in [2.45, 2.75) is 19.0 Å². The topological polar surface area (TPSA) is 54.0 Å². The van der Waals surface area contributed by atoms with E-state index in [0.29, 0.717) is 36.7 Å². The monoisotopic (exact) mass is 435 g/mol. The number of likely N-dealkylation sites (N-methyl/N-ethyl adjacent to an activating group) is 1. The van der Waals surface area contributed by atoms with Gasteiger partial charge in [0.2, 0.25) is 12.7 Å².